The van der Waals surface area contributed by atoms with Gasteiger partial charge in [0.25, 0.3) is 0 Å². The van der Waals surface area contributed by atoms with Gasteiger partial charge in [0.2, 0.25) is 0 Å². The maximum absolute atomic E-state index is 13.5. The van der Waals surface area contributed by atoms with Gasteiger partial charge in [-0.1, -0.05) is 6.07 Å². The van der Waals surface area contributed by atoms with Crippen LogP contribution in [-0.4, -0.2) is 38.1 Å². The summed E-state index contributed by atoms with van der Waals surface area (Å²) in [5.41, 5.74) is 0.112. The van der Waals surface area contributed by atoms with E-state index < -0.39 is 11.6 Å². The molecular formula is C15H24F2IN3S. The second kappa shape index (κ2) is 12.9. The first-order valence-corrected chi connectivity index (χ1v) is 8.44. The maximum atomic E-state index is 13.5. The lowest BCUT2D eigenvalue weighted by atomic mass is 10.1. The molecular weight excluding hydrogens is 419 g/mol. The molecule has 7 heteroatoms. The van der Waals surface area contributed by atoms with Gasteiger partial charge in [0.05, 0.1) is 0 Å². The Labute approximate surface area is 152 Å². The van der Waals surface area contributed by atoms with Crippen molar-refractivity contribution in [1.29, 1.82) is 0 Å². The summed E-state index contributed by atoms with van der Waals surface area (Å²) >= 11 is 1.84. The van der Waals surface area contributed by atoms with Gasteiger partial charge >= 0.3 is 0 Å². The number of hydrogen-bond acceptors (Lipinski definition) is 2. The molecule has 0 saturated carbocycles. The van der Waals surface area contributed by atoms with Crippen molar-refractivity contribution >= 4 is 41.7 Å². The number of guanidine groups is 1. The molecule has 0 aliphatic rings. The minimum Gasteiger partial charge on any atom is -0.356 e. The van der Waals surface area contributed by atoms with Crippen molar-refractivity contribution in [3.05, 3.63) is 35.4 Å². The second-order valence-corrected chi connectivity index (χ2v) is 5.56. The van der Waals surface area contributed by atoms with Crippen LogP contribution in [0.4, 0.5) is 8.78 Å². The normalized spacial score (nSPS) is 11.0. The number of rotatable bonds is 8. The summed E-state index contributed by atoms with van der Waals surface area (Å²) in [5.74, 6) is 0.810. The standard InChI is InChI=1S/C15H23F2N3S.HI/c1-18-15(19-9-3-4-11-21-2)20-10-8-12-13(16)6-5-7-14(12)17;/h5-7H,3-4,8-11H2,1-2H3,(H2,18,19,20);1H. The third-order valence-corrected chi connectivity index (χ3v) is 3.72. The minimum absolute atomic E-state index is 0. The lowest BCUT2D eigenvalue weighted by molar-refractivity contribution is 0.553. The highest BCUT2D eigenvalue weighted by Crippen LogP contribution is 2.11. The third-order valence-electron chi connectivity index (χ3n) is 3.02. The van der Waals surface area contributed by atoms with Crippen LogP contribution in [0.3, 0.4) is 0 Å². The Balaban J connectivity index is 0.00000441. The summed E-state index contributed by atoms with van der Waals surface area (Å²) in [6, 6.07) is 3.92. The molecule has 22 heavy (non-hydrogen) atoms. The van der Waals surface area contributed by atoms with E-state index in [0.29, 0.717) is 12.5 Å². The first kappa shape index (κ1) is 21.4. The van der Waals surface area contributed by atoms with E-state index in [1.54, 1.807) is 7.05 Å². The molecule has 0 unspecified atom stereocenters. The second-order valence-electron chi connectivity index (χ2n) is 4.58. The Hall–Kier alpha value is -0.570. The molecule has 0 heterocycles. The molecule has 0 aliphatic heterocycles. The van der Waals surface area contributed by atoms with Gasteiger partial charge in [0.1, 0.15) is 11.6 Å². The Morgan fingerprint density at radius 3 is 2.36 bits per heavy atom. The minimum atomic E-state index is -0.503. The third kappa shape index (κ3) is 8.17. The molecule has 0 spiro atoms. The lowest BCUT2D eigenvalue weighted by Crippen LogP contribution is -2.38. The summed E-state index contributed by atoms with van der Waals surface area (Å²) in [5, 5.41) is 6.25. The number of unbranched alkanes of at least 4 members (excludes halogenated alkanes) is 1. The van der Waals surface area contributed by atoms with Crippen LogP contribution in [0.25, 0.3) is 0 Å². The fourth-order valence-corrected chi connectivity index (χ4v) is 2.37. The summed E-state index contributed by atoms with van der Waals surface area (Å²) in [6.07, 6.45) is 4.61. The van der Waals surface area contributed by atoms with Crippen LogP contribution in [0.1, 0.15) is 18.4 Å². The number of nitrogens with zero attached hydrogens (tertiary/aromatic N) is 1. The van der Waals surface area contributed by atoms with Crippen molar-refractivity contribution in [2.45, 2.75) is 19.3 Å². The van der Waals surface area contributed by atoms with Crippen LogP contribution in [0.2, 0.25) is 0 Å². The topological polar surface area (TPSA) is 36.4 Å². The van der Waals surface area contributed by atoms with E-state index in [4.69, 9.17) is 0 Å². The number of hydrogen-bond donors (Lipinski definition) is 2. The van der Waals surface area contributed by atoms with E-state index in [9.17, 15) is 8.78 Å². The highest BCUT2D eigenvalue weighted by Gasteiger charge is 2.07. The van der Waals surface area contributed by atoms with Gasteiger partial charge in [0.15, 0.2) is 5.96 Å². The average molecular weight is 443 g/mol. The smallest absolute Gasteiger partial charge is 0.190 e. The molecule has 1 rings (SSSR count). The SMILES string of the molecule is CN=C(NCCCCSC)NCCc1c(F)cccc1F.I. The fraction of sp³-hybridized carbons (Fsp3) is 0.533. The van der Waals surface area contributed by atoms with Crippen LogP contribution in [0.15, 0.2) is 23.2 Å². The molecule has 126 valence electrons. The summed E-state index contributed by atoms with van der Waals surface area (Å²) < 4.78 is 26.9. The molecule has 0 bridgehead atoms. The molecule has 1 aromatic carbocycles. The van der Waals surface area contributed by atoms with E-state index in [0.717, 1.165) is 25.1 Å². The van der Waals surface area contributed by atoms with Crippen LogP contribution < -0.4 is 10.6 Å². The molecule has 0 fully saturated rings. The molecule has 2 N–H and O–H groups in total. The number of nitrogens with one attached hydrogen (secondary N) is 2. The molecule has 0 atom stereocenters. The maximum Gasteiger partial charge on any atom is 0.190 e. The summed E-state index contributed by atoms with van der Waals surface area (Å²) in [4.78, 5) is 4.08. The van der Waals surface area contributed by atoms with Gasteiger partial charge in [0, 0.05) is 25.7 Å². The quantitative estimate of drug-likeness (QED) is 0.280. The summed E-state index contributed by atoms with van der Waals surface area (Å²) in [7, 11) is 1.68. The average Bonchev–Trinajstić information content (AvgIpc) is 2.48. The zero-order valence-electron chi connectivity index (χ0n) is 13.0. The molecule has 0 amide bonds. The lowest BCUT2D eigenvalue weighted by Gasteiger charge is -2.12. The van der Waals surface area contributed by atoms with Gasteiger partial charge in [-0.15, -0.1) is 24.0 Å². The molecule has 0 radical (unpaired) electrons. The van der Waals surface area contributed by atoms with Crippen LogP contribution in [-0.2, 0) is 6.42 Å². The van der Waals surface area contributed by atoms with Crippen LogP contribution in [0, 0.1) is 11.6 Å². The Morgan fingerprint density at radius 2 is 1.77 bits per heavy atom. The van der Waals surface area contributed by atoms with E-state index in [1.807, 2.05) is 11.8 Å². The molecule has 1 aromatic rings. The Bertz CT molecular complexity index is 438. The van der Waals surface area contributed by atoms with E-state index in [-0.39, 0.29) is 36.0 Å². The molecule has 0 aromatic heterocycles. The van der Waals surface area contributed by atoms with Crippen molar-refractivity contribution in [3.63, 3.8) is 0 Å². The van der Waals surface area contributed by atoms with Crippen molar-refractivity contribution in [3.8, 4) is 0 Å². The van der Waals surface area contributed by atoms with Gasteiger partial charge in [-0.2, -0.15) is 11.8 Å². The summed E-state index contributed by atoms with van der Waals surface area (Å²) in [6.45, 7) is 1.27. The van der Waals surface area contributed by atoms with Crippen LogP contribution >= 0.6 is 35.7 Å². The zero-order chi connectivity index (χ0) is 15.5. The molecule has 0 aliphatic carbocycles. The Morgan fingerprint density at radius 1 is 1.14 bits per heavy atom. The van der Waals surface area contributed by atoms with Gasteiger partial charge < -0.3 is 10.6 Å². The van der Waals surface area contributed by atoms with Crippen molar-refractivity contribution in [2.24, 2.45) is 4.99 Å². The van der Waals surface area contributed by atoms with Crippen molar-refractivity contribution in [2.75, 3.05) is 32.1 Å². The van der Waals surface area contributed by atoms with E-state index >= 15 is 0 Å². The highest BCUT2D eigenvalue weighted by molar-refractivity contribution is 14.0. The number of aliphatic imine (C=N–C) groups is 1. The first-order chi connectivity index (χ1) is 10.2. The largest absolute Gasteiger partial charge is 0.356 e. The number of halogens is 3. The molecule has 0 saturated heterocycles. The number of thioether (sulfide) groups is 1. The van der Waals surface area contributed by atoms with Crippen LogP contribution in [0.5, 0.6) is 0 Å². The monoisotopic (exact) mass is 443 g/mol. The molecule has 3 nitrogen and oxygen atoms in total. The van der Waals surface area contributed by atoms with E-state index in [1.165, 1.54) is 18.2 Å². The fourth-order valence-electron chi connectivity index (χ4n) is 1.88. The van der Waals surface area contributed by atoms with Gasteiger partial charge in [-0.25, -0.2) is 8.78 Å². The number of benzene rings is 1. The zero-order valence-corrected chi connectivity index (χ0v) is 16.1. The van der Waals surface area contributed by atoms with Crippen molar-refractivity contribution < 1.29 is 8.78 Å². The predicted octanol–water partition coefficient (Wildman–Crippen LogP) is 3.43. The van der Waals surface area contributed by atoms with Gasteiger partial charge in [-0.3, -0.25) is 4.99 Å². The predicted molar refractivity (Wildman–Crippen MR) is 102 cm³/mol. The Kier molecular flexibility index (Phi) is 12.6. The van der Waals surface area contributed by atoms with Crippen molar-refractivity contribution in [1.82, 2.24) is 10.6 Å². The van der Waals surface area contributed by atoms with Gasteiger partial charge in [-0.05, 0) is 43.4 Å². The highest BCUT2D eigenvalue weighted by atomic mass is 127. The first-order valence-electron chi connectivity index (χ1n) is 7.05. The van der Waals surface area contributed by atoms with E-state index in [2.05, 4.69) is 21.9 Å².